The fourth-order valence-corrected chi connectivity index (χ4v) is 2.60. The first-order chi connectivity index (χ1) is 11.2. The number of anilines is 2. The van der Waals surface area contributed by atoms with Gasteiger partial charge >= 0.3 is 6.03 Å². The Labute approximate surface area is 139 Å². The molecule has 2 aromatic rings. The van der Waals surface area contributed by atoms with E-state index in [0.717, 1.165) is 0 Å². The minimum atomic E-state index is -0.246. The van der Waals surface area contributed by atoms with Gasteiger partial charge < -0.3 is 14.8 Å². The number of para-hydroxylation sites is 2. The fourth-order valence-electron chi connectivity index (χ4n) is 2.44. The van der Waals surface area contributed by atoms with Crippen molar-refractivity contribution < 1.29 is 14.3 Å². The Morgan fingerprint density at radius 2 is 2.17 bits per heavy atom. The molecule has 2 amide bonds. The van der Waals surface area contributed by atoms with Crippen molar-refractivity contribution >= 4 is 29.0 Å². The molecule has 6 heteroatoms. The van der Waals surface area contributed by atoms with Crippen LogP contribution in [0.3, 0.4) is 0 Å². The van der Waals surface area contributed by atoms with Crippen LogP contribution < -0.4 is 19.7 Å². The van der Waals surface area contributed by atoms with Crippen molar-refractivity contribution in [1.82, 2.24) is 0 Å². The predicted octanol–water partition coefficient (Wildman–Crippen LogP) is 4.17. The maximum absolute atomic E-state index is 12.7. The van der Waals surface area contributed by atoms with Crippen molar-refractivity contribution in [2.75, 3.05) is 30.0 Å². The third-order valence-corrected chi connectivity index (χ3v) is 3.69. The molecule has 0 fully saturated rings. The number of hydrogen-bond donors (Lipinski definition) is 1. The Hall–Kier alpha value is -2.40. The van der Waals surface area contributed by atoms with Gasteiger partial charge in [-0.25, -0.2) is 4.79 Å². The molecule has 23 heavy (non-hydrogen) atoms. The molecule has 0 radical (unpaired) electrons. The van der Waals surface area contributed by atoms with Gasteiger partial charge in [-0.05, 0) is 37.3 Å². The van der Waals surface area contributed by atoms with E-state index in [4.69, 9.17) is 21.1 Å². The summed E-state index contributed by atoms with van der Waals surface area (Å²) in [7, 11) is 0. The molecular weight excluding hydrogens is 316 g/mol. The highest BCUT2D eigenvalue weighted by molar-refractivity contribution is 6.31. The van der Waals surface area contributed by atoms with Crippen LogP contribution in [-0.2, 0) is 0 Å². The number of carbonyl (C=O) groups excluding carboxylic acids is 1. The smallest absolute Gasteiger partial charge is 0.326 e. The van der Waals surface area contributed by atoms with Crippen LogP contribution in [-0.4, -0.2) is 25.8 Å². The second-order valence-electron chi connectivity index (χ2n) is 4.97. The SMILES string of the molecule is CCOc1ccccc1NC(=O)N1CCOc2ccc(Cl)cc21. The van der Waals surface area contributed by atoms with Crippen molar-refractivity contribution in [1.29, 1.82) is 0 Å². The van der Waals surface area contributed by atoms with E-state index in [1.807, 2.05) is 31.2 Å². The molecule has 0 bridgehead atoms. The Morgan fingerprint density at radius 3 is 3.00 bits per heavy atom. The van der Waals surface area contributed by atoms with Gasteiger partial charge in [0.25, 0.3) is 0 Å². The van der Waals surface area contributed by atoms with Gasteiger partial charge in [0.2, 0.25) is 0 Å². The highest BCUT2D eigenvalue weighted by Crippen LogP contribution is 2.34. The molecule has 3 rings (SSSR count). The van der Waals surface area contributed by atoms with Crippen molar-refractivity contribution in [2.24, 2.45) is 0 Å². The number of amides is 2. The summed E-state index contributed by atoms with van der Waals surface area (Å²) in [4.78, 5) is 14.3. The van der Waals surface area contributed by atoms with Crippen molar-refractivity contribution in [3.05, 3.63) is 47.5 Å². The standard InChI is InChI=1S/C17H17ClN2O3/c1-2-22-15-6-4-3-5-13(15)19-17(21)20-9-10-23-16-8-7-12(18)11-14(16)20/h3-8,11H,2,9-10H2,1H3,(H,19,21). The molecular formula is C17H17ClN2O3. The molecule has 1 N–H and O–H groups in total. The van der Waals surface area contributed by atoms with Gasteiger partial charge in [-0.2, -0.15) is 0 Å². The molecule has 0 spiro atoms. The average molecular weight is 333 g/mol. The molecule has 0 unspecified atom stereocenters. The minimum absolute atomic E-state index is 0.246. The molecule has 5 nitrogen and oxygen atoms in total. The Kier molecular flexibility index (Phi) is 4.57. The zero-order valence-electron chi connectivity index (χ0n) is 12.7. The number of halogens is 1. The summed E-state index contributed by atoms with van der Waals surface area (Å²) in [6, 6.07) is 12.3. The number of ether oxygens (including phenoxy) is 2. The van der Waals surface area contributed by atoms with Gasteiger partial charge in [-0.1, -0.05) is 23.7 Å². The summed E-state index contributed by atoms with van der Waals surface area (Å²) in [5.41, 5.74) is 1.30. The van der Waals surface area contributed by atoms with Crippen LogP contribution in [0.1, 0.15) is 6.92 Å². The number of fused-ring (bicyclic) bond motifs is 1. The lowest BCUT2D eigenvalue weighted by atomic mass is 10.2. The van der Waals surface area contributed by atoms with Gasteiger partial charge in [-0.3, -0.25) is 4.90 Å². The Bertz CT molecular complexity index is 721. The zero-order valence-corrected chi connectivity index (χ0v) is 13.5. The normalized spacial score (nSPS) is 13.0. The minimum Gasteiger partial charge on any atom is -0.492 e. The van der Waals surface area contributed by atoms with E-state index in [9.17, 15) is 4.79 Å². The van der Waals surface area contributed by atoms with Gasteiger partial charge in [0.1, 0.15) is 18.1 Å². The third-order valence-electron chi connectivity index (χ3n) is 3.46. The van der Waals surface area contributed by atoms with E-state index in [0.29, 0.717) is 47.7 Å². The van der Waals surface area contributed by atoms with Gasteiger partial charge in [0.15, 0.2) is 0 Å². The molecule has 0 saturated heterocycles. The summed E-state index contributed by atoms with van der Waals surface area (Å²) in [6.07, 6.45) is 0. The lowest BCUT2D eigenvalue weighted by molar-refractivity contribution is 0.250. The summed E-state index contributed by atoms with van der Waals surface area (Å²) >= 11 is 6.04. The van der Waals surface area contributed by atoms with Crippen LogP contribution in [0.5, 0.6) is 11.5 Å². The monoisotopic (exact) mass is 332 g/mol. The van der Waals surface area contributed by atoms with E-state index in [1.165, 1.54) is 0 Å². The molecule has 2 aromatic carbocycles. The van der Waals surface area contributed by atoms with Crippen molar-refractivity contribution in [3.63, 3.8) is 0 Å². The number of hydrogen-bond acceptors (Lipinski definition) is 3. The van der Waals surface area contributed by atoms with Crippen LogP contribution in [0, 0.1) is 0 Å². The van der Waals surface area contributed by atoms with Crippen LogP contribution in [0.2, 0.25) is 5.02 Å². The lowest BCUT2D eigenvalue weighted by Gasteiger charge is -2.29. The van der Waals surface area contributed by atoms with Crippen LogP contribution in [0.4, 0.5) is 16.2 Å². The first kappa shape index (κ1) is 15.5. The number of benzene rings is 2. The summed E-state index contributed by atoms with van der Waals surface area (Å²) < 4.78 is 11.1. The highest BCUT2D eigenvalue weighted by Gasteiger charge is 2.24. The molecule has 120 valence electrons. The quantitative estimate of drug-likeness (QED) is 0.917. The van der Waals surface area contributed by atoms with E-state index in [1.54, 1.807) is 23.1 Å². The molecule has 1 heterocycles. The van der Waals surface area contributed by atoms with Crippen LogP contribution in [0.15, 0.2) is 42.5 Å². The van der Waals surface area contributed by atoms with Crippen molar-refractivity contribution in [2.45, 2.75) is 6.92 Å². The second kappa shape index (κ2) is 6.79. The molecule has 1 aliphatic heterocycles. The average Bonchev–Trinajstić information content (AvgIpc) is 2.56. The summed E-state index contributed by atoms with van der Waals surface area (Å²) in [5, 5.41) is 3.45. The largest absolute Gasteiger partial charge is 0.492 e. The first-order valence-corrected chi connectivity index (χ1v) is 7.79. The number of carbonyl (C=O) groups is 1. The topological polar surface area (TPSA) is 50.8 Å². The Balaban J connectivity index is 1.84. The molecule has 0 atom stereocenters. The lowest BCUT2D eigenvalue weighted by Crippen LogP contribution is -2.40. The first-order valence-electron chi connectivity index (χ1n) is 7.41. The third kappa shape index (κ3) is 3.35. The molecule has 0 aliphatic carbocycles. The zero-order chi connectivity index (χ0) is 16.2. The van der Waals surface area contributed by atoms with Gasteiger partial charge in [-0.15, -0.1) is 0 Å². The van der Waals surface area contributed by atoms with Gasteiger partial charge in [0.05, 0.1) is 24.5 Å². The van der Waals surface area contributed by atoms with E-state index < -0.39 is 0 Å². The Morgan fingerprint density at radius 1 is 1.35 bits per heavy atom. The molecule has 0 aromatic heterocycles. The molecule has 1 aliphatic rings. The van der Waals surface area contributed by atoms with Gasteiger partial charge in [0, 0.05) is 5.02 Å². The number of nitrogens with zero attached hydrogens (tertiary/aromatic N) is 1. The molecule has 0 saturated carbocycles. The van der Waals surface area contributed by atoms with Crippen molar-refractivity contribution in [3.8, 4) is 11.5 Å². The van der Waals surface area contributed by atoms with E-state index in [-0.39, 0.29) is 6.03 Å². The second-order valence-corrected chi connectivity index (χ2v) is 5.41. The maximum Gasteiger partial charge on any atom is 0.326 e. The fraction of sp³-hybridized carbons (Fsp3) is 0.235. The van der Waals surface area contributed by atoms with E-state index >= 15 is 0 Å². The predicted molar refractivity (Wildman–Crippen MR) is 90.9 cm³/mol. The highest BCUT2D eigenvalue weighted by atomic mass is 35.5. The number of nitrogens with one attached hydrogen (secondary N) is 1. The maximum atomic E-state index is 12.7. The number of rotatable bonds is 3. The van der Waals surface area contributed by atoms with Crippen LogP contribution in [0.25, 0.3) is 0 Å². The summed E-state index contributed by atoms with van der Waals surface area (Å²) in [5.74, 6) is 1.29. The van der Waals surface area contributed by atoms with E-state index in [2.05, 4.69) is 5.32 Å². The van der Waals surface area contributed by atoms with Crippen LogP contribution >= 0.6 is 11.6 Å². The summed E-state index contributed by atoms with van der Waals surface area (Å²) in [6.45, 7) is 3.33. The number of urea groups is 1.